The molecule has 6 heteroatoms. The van der Waals surface area contributed by atoms with Crippen LogP contribution in [0.2, 0.25) is 0 Å². The molecule has 0 atom stereocenters. The first-order valence-corrected chi connectivity index (χ1v) is 6.86. The van der Waals surface area contributed by atoms with Crippen molar-refractivity contribution in [1.29, 1.82) is 0 Å². The summed E-state index contributed by atoms with van der Waals surface area (Å²) in [5, 5.41) is 2.75. The van der Waals surface area contributed by atoms with Gasteiger partial charge in [-0.15, -0.1) is 0 Å². The SMILES string of the molecule is O=C(NCCn1c(=O)[nH]c2cc(F)ccc21)c1ccccc1. The summed E-state index contributed by atoms with van der Waals surface area (Å²) in [5.74, 6) is -0.599. The van der Waals surface area contributed by atoms with Crippen LogP contribution in [-0.4, -0.2) is 22.0 Å². The molecule has 0 radical (unpaired) electrons. The van der Waals surface area contributed by atoms with Crippen LogP contribution < -0.4 is 11.0 Å². The number of aromatic nitrogens is 2. The van der Waals surface area contributed by atoms with Crippen LogP contribution in [0.1, 0.15) is 10.4 Å². The summed E-state index contributed by atoms with van der Waals surface area (Å²) >= 11 is 0. The second-order valence-corrected chi connectivity index (χ2v) is 4.87. The lowest BCUT2D eigenvalue weighted by Gasteiger charge is -2.06. The average molecular weight is 299 g/mol. The van der Waals surface area contributed by atoms with E-state index in [-0.39, 0.29) is 11.6 Å². The van der Waals surface area contributed by atoms with Crippen molar-refractivity contribution in [2.24, 2.45) is 0 Å². The fourth-order valence-electron chi connectivity index (χ4n) is 2.33. The first kappa shape index (κ1) is 14.1. The second kappa shape index (κ2) is 5.85. The van der Waals surface area contributed by atoms with E-state index in [0.29, 0.717) is 29.7 Å². The van der Waals surface area contributed by atoms with Gasteiger partial charge in [-0.05, 0) is 30.3 Å². The number of aromatic amines is 1. The molecule has 3 rings (SSSR count). The normalized spacial score (nSPS) is 10.8. The predicted molar refractivity (Wildman–Crippen MR) is 81.3 cm³/mol. The average Bonchev–Trinajstić information content (AvgIpc) is 2.83. The summed E-state index contributed by atoms with van der Waals surface area (Å²) in [6, 6.07) is 13.0. The Labute approximate surface area is 125 Å². The van der Waals surface area contributed by atoms with E-state index in [2.05, 4.69) is 10.3 Å². The summed E-state index contributed by atoms with van der Waals surface area (Å²) in [7, 11) is 0. The number of fused-ring (bicyclic) bond motifs is 1. The number of nitrogens with zero attached hydrogens (tertiary/aromatic N) is 1. The number of hydrogen-bond acceptors (Lipinski definition) is 2. The van der Waals surface area contributed by atoms with Gasteiger partial charge in [-0.3, -0.25) is 9.36 Å². The lowest BCUT2D eigenvalue weighted by Crippen LogP contribution is -2.29. The first-order valence-electron chi connectivity index (χ1n) is 6.86. The molecule has 1 heterocycles. The van der Waals surface area contributed by atoms with Crippen molar-refractivity contribution < 1.29 is 9.18 Å². The summed E-state index contributed by atoms with van der Waals surface area (Å²) in [4.78, 5) is 26.4. The summed E-state index contributed by atoms with van der Waals surface area (Å²) in [6.07, 6.45) is 0. The van der Waals surface area contributed by atoms with E-state index in [4.69, 9.17) is 0 Å². The molecule has 22 heavy (non-hydrogen) atoms. The highest BCUT2D eigenvalue weighted by atomic mass is 19.1. The highest BCUT2D eigenvalue weighted by Crippen LogP contribution is 2.11. The molecule has 3 aromatic rings. The van der Waals surface area contributed by atoms with Crippen LogP contribution in [0.3, 0.4) is 0 Å². The lowest BCUT2D eigenvalue weighted by atomic mass is 10.2. The van der Waals surface area contributed by atoms with Crippen molar-refractivity contribution in [3.63, 3.8) is 0 Å². The molecule has 0 saturated heterocycles. The van der Waals surface area contributed by atoms with Gasteiger partial charge in [0.1, 0.15) is 5.82 Å². The first-order chi connectivity index (χ1) is 10.6. The number of amides is 1. The third-order valence-corrected chi connectivity index (χ3v) is 3.39. The van der Waals surface area contributed by atoms with E-state index in [9.17, 15) is 14.0 Å². The maximum absolute atomic E-state index is 13.1. The predicted octanol–water partition coefficient (Wildman–Crippen LogP) is 1.90. The highest BCUT2D eigenvalue weighted by molar-refractivity contribution is 5.94. The minimum atomic E-state index is -0.404. The Morgan fingerprint density at radius 2 is 1.95 bits per heavy atom. The van der Waals surface area contributed by atoms with Crippen LogP contribution in [0.4, 0.5) is 4.39 Å². The fraction of sp³-hybridized carbons (Fsp3) is 0.125. The Kier molecular flexibility index (Phi) is 3.74. The maximum Gasteiger partial charge on any atom is 0.326 e. The molecule has 1 amide bonds. The zero-order chi connectivity index (χ0) is 15.5. The van der Waals surface area contributed by atoms with E-state index in [1.54, 1.807) is 30.3 Å². The van der Waals surface area contributed by atoms with Crippen molar-refractivity contribution in [3.05, 3.63) is 70.4 Å². The minimum Gasteiger partial charge on any atom is -0.350 e. The molecule has 0 bridgehead atoms. The number of hydrogen-bond donors (Lipinski definition) is 2. The van der Waals surface area contributed by atoms with E-state index in [1.807, 2.05) is 6.07 Å². The van der Waals surface area contributed by atoms with Gasteiger partial charge in [0.05, 0.1) is 11.0 Å². The Morgan fingerprint density at radius 3 is 2.73 bits per heavy atom. The van der Waals surface area contributed by atoms with Gasteiger partial charge in [0.2, 0.25) is 0 Å². The van der Waals surface area contributed by atoms with Gasteiger partial charge in [-0.1, -0.05) is 18.2 Å². The van der Waals surface area contributed by atoms with E-state index >= 15 is 0 Å². The summed E-state index contributed by atoms with van der Waals surface area (Å²) in [6.45, 7) is 0.612. The van der Waals surface area contributed by atoms with Crippen molar-refractivity contribution >= 4 is 16.9 Å². The van der Waals surface area contributed by atoms with Gasteiger partial charge in [0.15, 0.2) is 0 Å². The molecular formula is C16H14FN3O2. The van der Waals surface area contributed by atoms with Crippen LogP contribution >= 0.6 is 0 Å². The number of carbonyl (C=O) groups excluding carboxylic acids is 1. The smallest absolute Gasteiger partial charge is 0.326 e. The van der Waals surface area contributed by atoms with Gasteiger partial charge in [0.25, 0.3) is 5.91 Å². The molecule has 0 unspecified atom stereocenters. The Balaban J connectivity index is 1.71. The van der Waals surface area contributed by atoms with Gasteiger partial charge < -0.3 is 10.3 Å². The third-order valence-electron chi connectivity index (χ3n) is 3.39. The molecule has 0 spiro atoms. The number of imidazole rings is 1. The van der Waals surface area contributed by atoms with E-state index in [1.165, 1.54) is 16.7 Å². The van der Waals surface area contributed by atoms with Crippen molar-refractivity contribution in [2.45, 2.75) is 6.54 Å². The van der Waals surface area contributed by atoms with Crippen LogP contribution in [0.5, 0.6) is 0 Å². The Hall–Kier alpha value is -2.89. The van der Waals surface area contributed by atoms with Gasteiger partial charge in [-0.25, -0.2) is 9.18 Å². The van der Waals surface area contributed by atoms with Crippen molar-refractivity contribution in [1.82, 2.24) is 14.9 Å². The molecule has 2 N–H and O–H groups in total. The molecule has 0 aliphatic rings. The number of carbonyl (C=O) groups is 1. The van der Waals surface area contributed by atoms with Gasteiger partial charge in [-0.2, -0.15) is 0 Å². The van der Waals surface area contributed by atoms with Crippen LogP contribution in [-0.2, 0) is 6.54 Å². The summed E-state index contributed by atoms with van der Waals surface area (Å²) < 4.78 is 14.6. The second-order valence-electron chi connectivity index (χ2n) is 4.87. The fourth-order valence-corrected chi connectivity index (χ4v) is 2.33. The molecule has 0 fully saturated rings. The summed E-state index contributed by atoms with van der Waals surface area (Å²) in [5.41, 5.74) is 1.30. The molecule has 0 saturated carbocycles. The van der Waals surface area contributed by atoms with Gasteiger partial charge in [0, 0.05) is 18.7 Å². The highest BCUT2D eigenvalue weighted by Gasteiger charge is 2.08. The maximum atomic E-state index is 13.1. The molecule has 5 nitrogen and oxygen atoms in total. The molecule has 0 aliphatic carbocycles. The lowest BCUT2D eigenvalue weighted by molar-refractivity contribution is 0.0952. The number of H-pyrrole nitrogens is 1. The standard InChI is InChI=1S/C16H14FN3O2/c17-12-6-7-14-13(10-12)19-16(22)20(14)9-8-18-15(21)11-4-2-1-3-5-11/h1-7,10H,8-9H2,(H,18,21)(H,19,22). The molecular weight excluding hydrogens is 285 g/mol. The molecule has 0 aliphatic heterocycles. The number of benzene rings is 2. The van der Waals surface area contributed by atoms with E-state index < -0.39 is 5.82 Å². The van der Waals surface area contributed by atoms with Crippen molar-refractivity contribution in [2.75, 3.05) is 6.54 Å². The number of nitrogens with one attached hydrogen (secondary N) is 2. The van der Waals surface area contributed by atoms with Crippen LogP contribution in [0.25, 0.3) is 11.0 Å². The topological polar surface area (TPSA) is 66.9 Å². The molecule has 1 aromatic heterocycles. The van der Waals surface area contributed by atoms with E-state index in [0.717, 1.165) is 0 Å². The third kappa shape index (κ3) is 2.76. The zero-order valence-electron chi connectivity index (χ0n) is 11.7. The van der Waals surface area contributed by atoms with Gasteiger partial charge >= 0.3 is 5.69 Å². The number of rotatable bonds is 4. The molecule has 112 valence electrons. The molecule has 2 aromatic carbocycles. The Bertz CT molecular complexity index is 868. The van der Waals surface area contributed by atoms with Crippen LogP contribution in [0, 0.1) is 5.82 Å². The van der Waals surface area contributed by atoms with Crippen LogP contribution in [0.15, 0.2) is 53.3 Å². The monoisotopic (exact) mass is 299 g/mol. The van der Waals surface area contributed by atoms with Crippen molar-refractivity contribution in [3.8, 4) is 0 Å². The largest absolute Gasteiger partial charge is 0.350 e. The quantitative estimate of drug-likeness (QED) is 0.772. The Morgan fingerprint density at radius 1 is 1.18 bits per heavy atom. The minimum absolute atomic E-state index is 0.195. The zero-order valence-corrected chi connectivity index (χ0v) is 11.7. The number of halogens is 1.